The Morgan fingerprint density at radius 2 is 1.52 bits per heavy atom. The van der Waals surface area contributed by atoms with Crippen molar-refractivity contribution in [1.82, 2.24) is 10.2 Å². The van der Waals surface area contributed by atoms with Gasteiger partial charge in [-0.3, -0.25) is 13.9 Å². The van der Waals surface area contributed by atoms with Crippen molar-refractivity contribution in [3.05, 3.63) is 124 Å². The van der Waals surface area contributed by atoms with E-state index in [1.165, 1.54) is 30.2 Å². The molecule has 1 unspecified atom stereocenters. The quantitative estimate of drug-likeness (QED) is 0.156. The van der Waals surface area contributed by atoms with Crippen molar-refractivity contribution in [2.75, 3.05) is 24.5 Å². The molecular formula is C35H37BrClN3O5S. The largest absolute Gasteiger partial charge is 0.495 e. The number of carbonyl (C=O) groups is 2. The van der Waals surface area contributed by atoms with Gasteiger partial charge >= 0.3 is 0 Å². The normalized spacial score (nSPS) is 12.0. The molecule has 0 aliphatic rings. The fraction of sp³-hybridized carbons (Fsp3) is 0.257. The summed E-state index contributed by atoms with van der Waals surface area (Å²) in [6.07, 6.45) is 0.221. The number of benzene rings is 4. The average Bonchev–Trinajstić information content (AvgIpc) is 3.05. The second-order valence-electron chi connectivity index (χ2n) is 11.1. The summed E-state index contributed by atoms with van der Waals surface area (Å²) in [6, 6.07) is 28.3. The van der Waals surface area contributed by atoms with Crippen LogP contribution in [0.2, 0.25) is 5.02 Å². The minimum absolute atomic E-state index is 0.0141. The number of hydrogen-bond acceptors (Lipinski definition) is 5. The van der Waals surface area contributed by atoms with Crippen molar-refractivity contribution in [1.29, 1.82) is 0 Å². The molecule has 1 N–H and O–H groups in total. The monoisotopic (exact) mass is 725 g/mol. The van der Waals surface area contributed by atoms with E-state index in [9.17, 15) is 18.0 Å². The lowest BCUT2D eigenvalue weighted by Gasteiger charge is -2.34. The first-order valence-electron chi connectivity index (χ1n) is 14.8. The number of hydrogen-bond donors (Lipinski definition) is 1. The van der Waals surface area contributed by atoms with Crippen LogP contribution in [0.5, 0.6) is 5.75 Å². The molecule has 0 saturated heterocycles. The van der Waals surface area contributed by atoms with Crippen molar-refractivity contribution < 1.29 is 22.7 Å². The van der Waals surface area contributed by atoms with E-state index in [1.807, 2.05) is 68.4 Å². The Hall–Kier alpha value is -3.86. The molecule has 0 saturated carbocycles. The maximum absolute atomic E-state index is 14.6. The van der Waals surface area contributed by atoms with E-state index in [0.717, 1.165) is 19.9 Å². The molecule has 0 bridgehead atoms. The molecule has 0 heterocycles. The van der Waals surface area contributed by atoms with E-state index < -0.39 is 28.5 Å². The van der Waals surface area contributed by atoms with Crippen molar-refractivity contribution in [3.8, 4) is 5.75 Å². The Balaban J connectivity index is 1.83. The van der Waals surface area contributed by atoms with Gasteiger partial charge < -0.3 is 15.0 Å². The zero-order valence-corrected chi connectivity index (χ0v) is 29.1. The number of methoxy groups -OCH3 is 1. The molecule has 0 aliphatic heterocycles. The first-order chi connectivity index (χ1) is 22.0. The standard InChI is InChI=1S/C35H37BrClN3O5S/c1-25(2)22-38-35(42)32(20-26-10-6-4-7-11-26)39(23-27-14-16-28(36)17-15-27)34(41)24-40(31-21-29(37)18-19-33(31)45-3)46(43,44)30-12-8-5-9-13-30/h4-19,21,25,32H,20,22-24H2,1-3H3,(H,38,42). The smallest absolute Gasteiger partial charge is 0.264 e. The van der Waals surface area contributed by atoms with Gasteiger partial charge in [-0.25, -0.2) is 8.42 Å². The Labute approximate surface area is 284 Å². The molecule has 242 valence electrons. The van der Waals surface area contributed by atoms with E-state index in [1.54, 1.807) is 30.3 Å². The molecule has 0 spiro atoms. The molecule has 4 aromatic rings. The van der Waals surface area contributed by atoms with Gasteiger partial charge in [-0.2, -0.15) is 0 Å². The molecule has 4 rings (SSSR count). The molecule has 2 amide bonds. The third-order valence-corrected chi connectivity index (χ3v) is 9.78. The van der Waals surface area contributed by atoms with Crippen LogP contribution in [0.1, 0.15) is 25.0 Å². The van der Waals surface area contributed by atoms with E-state index >= 15 is 0 Å². The Bertz CT molecular complexity index is 1720. The van der Waals surface area contributed by atoms with E-state index in [0.29, 0.717) is 6.54 Å². The lowest BCUT2D eigenvalue weighted by atomic mass is 10.0. The van der Waals surface area contributed by atoms with Crippen molar-refractivity contribution in [2.45, 2.75) is 37.8 Å². The fourth-order valence-electron chi connectivity index (χ4n) is 4.85. The molecule has 46 heavy (non-hydrogen) atoms. The second kappa shape index (κ2) is 16.1. The van der Waals surface area contributed by atoms with Crippen LogP contribution in [-0.4, -0.2) is 51.4 Å². The van der Waals surface area contributed by atoms with Gasteiger partial charge in [0.05, 0.1) is 17.7 Å². The highest BCUT2D eigenvalue weighted by Gasteiger charge is 2.35. The highest BCUT2D eigenvalue weighted by atomic mass is 79.9. The highest BCUT2D eigenvalue weighted by Crippen LogP contribution is 2.35. The van der Waals surface area contributed by atoms with Gasteiger partial charge in [-0.05, 0) is 59.5 Å². The summed E-state index contributed by atoms with van der Waals surface area (Å²) in [5, 5.41) is 3.25. The van der Waals surface area contributed by atoms with E-state index in [4.69, 9.17) is 16.3 Å². The summed E-state index contributed by atoms with van der Waals surface area (Å²) in [5.74, 6) is -0.517. The van der Waals surface area contributed by atoms with E-state index in [2.05, 4.69) is 21.2 Å². The second-order valence-corrected chi connectivity index (χ2v) is 14.3. The average molecular weight is 727 g/mol. The van der Waals surface area contributed by atoms with Crippen LogP contribution in [0.3, 0.4) is 0 Å². The fourth-order valence-corrected chi connectivity index (χ4v) is 6.72. The summed E-state index contributed by atoms with van der Waals surface area (Å²) in [4.78, 5) is 29.9. The number of ether oxygens (including phenoxy) is 1. The van der Waals surface area contributed by atoms with Crippen LogP contribution >= 0.6 is 27.5 Å². The molecule has 11 heteroatoms. The Morgan fingerprint density at radius 1 is 0.891 bits per heavy atom. The van der Waals surface area contributed by atoms with Crippen LogP contribution in [-0.2, 0) is 32.6 Å². The number of carbonyl (C=O) groups excluding carboxylic acids is 2. The van der Waals surface area contributed by atoms with Gasteiger partial charge in [-0.1, -0.05) is 102 Å². The maximum atomic E-state index is 14.6. The number of rotatable bonds is 14. The number of nitrogens with zero attached hydrogens (tertiary/aromatic N) is 2. The number of amides is 2. The van der Waals surface area contributed by atoms with Crippen LogP contribution in [0.25, 0.3) is 0 Å². The van der Waals surface area contributed by atoms with Crippen LogP contribution < -0.4 is 14.4 Å². The van der Waals surface area contributed by atoms with Crippen LogP contribution in [0, 0.1) is 5.92 Å². The lowest BCUT2D eigenvalue weighted by molar-refractivity contribution is -0.140. The van der Waals surface area contributed by atoms with Gasteiger partial charge in [0.15, 0.2) is 0 Å². The van der Waals surface area contributed by atoms with Crippen molar-refractivity contribution in [2.24, 2.45) is 5.92 Å². The molecule has 4 aromatic carbocycles. The summed E-state index contributed by atoms with van der Waals surface area (Å²) < 4.78 is 35.8. The Kier molecular flexibility index (Phi) is 12.3. The first kappa shape index (κ1) is 35.0. The predicted octanol–water partition coefficient (Wildman–Crippen LogP) is 6.72. The minimum Gasteiger partial charge on any atom is -0.495 e. The summed E-state index contributed by atoms with van der Waals surface area (Å²) in [5.41, 5.74) is 1.72. The number of sulfonamides is 1. The molecular weight excluding hydrogens is 690 g/mol. The molecule has 0 aliphatic carbocycles. The van der Waals surface area contributed by atoms with Crippen molar-refractivity contribution >= 4 is 55.1 Å². The first-order valence-corrected chi connectivity index (χ1v) is 17.4. The van der Waals surface area contributed by atoms with Gasteiger partial charge in [-0.15, -0.1) is 0 Å². The van der Waals surface area contributed by atoms with Gasteiger partial charge in [0.2, 0.25) is 11.8 Å². The molecule has 0 aromatic heterocycles. The molecule has 1 atom stereocenters. The number of halogens is 2. The predicted molar refractivity (Wildman–Crippen MR) is 185 cm³/mol. The van der Waals surface area contributed by atoms with Gasteiger partial charge in [0.1, 0.15) is 18.3 Å². The summed E-state index contributed by atoms with van der Waals surface area (Å²) in [6.45, 7) is 3.83. The molecule has 0 radical (unpaired) electrons. The van der Waals surface area contributed by atoms with Gasteiger partial charge in [0, 0.05) is 29.0 Å². The zero-order chi connectivity index (χ0) is 33.3. The number of anilines is 1. The van der Waals surface area contributed by atoms with E-state index in [-0.39, 0.29) is 46.1 Å². The van der Waals surface area contributed by atoms with Crippen LogP contribution in [0.4, 0.5) is 5.69 Å². The summed E-state index contributed by atoms with van der Waals surface area (Å²) >= 11 is 9.80. The topological polar surface area (TPSA) is 96.0 Å². The molecule has 0 fully saturated rings. The van der Waals surface area contributed by atoms with Gasteiger partial charge in [0.25, 0.3) is 10.0 Å². The van der Waals surface area contributed by atoms with Crippen LogP contribution in [0.15, 0.2) is 112 Å². The maximum Gasteiger partial charge on any atom is 0.264 e. The lowest BCUT2D eigenvalue weighted by Crippen LogP contribution is -2.53. The minimum atomic E-state index is -4.30. The third-order valence-electron chi connectivity index (χ3n) is 7.24. The zero-order valence-electron chi connectivity index (χ0n) is 25.9. The van der Waals surface area contributed by atoms with Crippen molar-refractivity contribution in [3.63, 3.8) is 0 Å². The summed E-state index contributed by atoms with van der Waals surface area (Å²) in [7, 11) is -2.88. The highest BCUT2D eigenvalue weighted by molar-refractivity contribution is 9.10. The molecule has 8 nitrogen and oxygen atoms in total. The Morgan fingerprint density at radius 3 is 2.13 bits per heavy atom. The third kappa shape index (κ3) is 9.11. The SMILES string of the molecule is COc1ccc(Cl)cc1N(CC(=O)N(Cc1ccc(Br)cc1)C(Cc1ccccc1)C(=O)NCC(C)C)S(=O)(=O)c1ccccc1. The number of nitrogens with one attached hydrogen (secondary N) is 1.